The van der Waals surface area contributed by atoms with E-state index in [1.165, 1.54) is 0 Å². The van der Waals surface area contributed by atoms with E-state index < -0.39 is 0 Å². The van der Waals surface area contributed by atoms with E-state index in [1.807, 2.05) is 19.1 Å². The highest BCUT2D eigenvalue weighted by Crippen LogP contribution is 2.35. The normalized spacial score (nSPS) is 32.3. The first-order valence-electron chi connectivity index (χ1n) is 7.56. The van der Waals surface area contributed by atoms with Crippen LogP contribution in [0.5, 0.6) is 11.5 Å². The zero-order chi connectivity index (χ0) is 14.1. The number of benzene rings is 1. The standard InChI is InChI=1S/C16H23NO3/c1-2-20-15-10-11(3-4-14(15)18)9-13-16(19)12-5-7-17(13)8-6-12/h3-4,10,12-13,16,18-19H,2,5-9H2,1H3. The van der Waals surface area contributed by atoms with E-state index in [0.717, 1.165) is 37.9 Å². The van der Waals surface area contributed by atoms with Gasteiger partial charge >= 0.3 is 0 Å². The quantitative estimate of drug-likeness (QED) is 0.881. The lowest BCUT2D eigenvalue weighted by Gasteiger charge is -2.49. The third kappa shape index (κ3) is 2.50. The molecule has 2 atom stereocenters. The minimum Gasteiger partial charge on any atom is -0.504 e. The number of phenols is 1. The van der Waals surface area contributed by atoms with Gasteiger partial charge in [0, 0.05) is 6.04 Å². The summed E-state index contributed by atoms with van der Waals surface area (Å²) in [7, 11) is 0. The highest BCUT2D eigenvalue weighted by Gasteiger charge is 2.40. The number of ether oxygens (including phenoxy) is 1. The highest BCUT2D eigenvalue weighted by atomic mass is 16.5. The fourth-order valence-electron chi connectivity index (χ4n) is 3.57. The van der Waals surface area contributed by atoms with Gasteiger partial charge in [-0.15, -0.1) is 0 Å². The molecule has 3 aliphatic heterocycles. The predicted octanol–water partition coefficient (Wildman–Crippen LogP) is 1.79. The lowest BCUT2D eigenvalue weighted by molar-refractivity contribution is -0.0715. The number of phenolic OH excluding ortho intramolecular Hbond substituents is 1. The fraction of sp³-hybridized carbons (Fsp3) is 0.625. The Bertz CT molecular complexity index is 467. The van der Waals surface area contributed by atoms with Crippen molar-refractivity contribution in [1.29, 1.82) is 0 Å². The van der Waals surface area contributed by atoms with Crippen molar-refractivity contribution in [1.82, 2.24) is 4.90 Å². The SMILES string of the molecule is CCOc1cc(CC2C(O)C3CCN2CC3)ccc1O. The van der Waals surface area contributed by atoms with Gasteiger partial charge in [0.2, 0.25) is 0 Å². The molecule has 2 bridgehead atoms. The Labute approximate surface area is 120 Å². The van der Waals surface area contributed by atoms with E-state index in [1.54, 1.807) is 6.07 Å². The smallest absolute Gasteiger partial charge is 0.161 e. The number of hydrogen-bond donors (Lipinski definition) is 2. The van der Waals surface area contributed by atoms with Crippen LogP contribution in [0.1, 0.15) is 25.3 Å². The van der Waals surface area contributed by atoms with Crippen LogP contribution in [0.4, 0.5) is 0 Å². The average Bonchev–Trinajstić information content (AvgIpc) is 2.47. The van der Waals surface area contributed by atoms with Crippen molar-refractivity contribution in [2.45, 2.75) is 38.3 Å². The Balaban J connectivity index is 1.75. The minimum absolute atomic E-state index is 0.182. The Kier molecular flexibility index (Phi) is 3.85. The molecular weight excluding hydrogens is 254 g/mol. The topological polar surface area (TPSA) is 52.9 Å². The second-order valence-electron chi connectivity index (χ2n) is 5.87. The van der Waals surface area contributed by atoms with Crippen LogP contribution in [0, 0.1) is 5.92 Å². The lowest BCUT2D eigenvalue weighted by Crippen LogP contribution is -2.58. The summed E-state index contributed by atoms with van der Waals surface area (Å²) in [6.07, 6.45) is 2.84. The van der Waals surface area contributed by atoms with Crippen molar-refractivity contribution < 1.29 is 14.9 Å². The number of nitrogens with zero attached hydrogens (tertiary/aromatic N) is 1. The zero-order valence-corrected chi connectivity index (χ0v) is 12.0. The number of hydrogen-bond acceptors (Lipinski definition) is 4. The molecule has 0 spiro atoms. The second-order valence-corrected chi connectivity index (χ2v) is 5.87. The summed E-state index contributed by atoms with van der Waals surface area (Å²) in [6, 6.07) is 5.72. The van der Waals surface area contributed by atoms with E-state index in [9.17, 15) is 10.2 Å². The second kappa shape index (κ2) is 5.62. The van der Waals surface area contributed by atoms with Crippen molar-refractivity contribution in [2.24, 2.45) is 5.92 Å². The first kappa shape index (κ1) is 13.7. The van der Waals surface area contributed by atoms with Crippen LogP contribution in [0.2, 0.25) is 0 Å². The van der Waals surface area contributed by atoms with Gasteiger partial charge in [0.05, 0.1) is 12.7 Å². The van der Waals surface area contributed by atoms with E-state index in [2.05, 4.69) is 4.90 Å². The summed E-state index contributed by atoms with van der Waals surface area (Å²) in [6.45, 7) is 4.64. The van der Waals surface area contributed by atoms with Gasteiger partial charge in [-0.25, -0.2) is 0 Å². The van der Waals surface area contributed by atoms with Crippen LogP contribution >= 0.6 is 0 Å². The number of aliphatic hydroxyl groups is 1. The molecule has 1 aromatic carbocycles. The summed E-state index contributed by atoms with van der Waals surface area (Å²) in [5, 5.41) is 20.2. The molecule has 3 heterocycles. The van der Waals surface area contributed by atoms with E-state index in [0.29, 0.717) is 18.3 Å². The van der Waals surface area contributed by atoms with Crippen molar-refractivity contribution in [3.63, 3.8) is 0 Å². The zero-order valence-electron chi connectivity index (χ0n) is 12.0. The van der Waals surface area contributed by atoms with Gasteiger partial charge in [0.15, 0.2) is 11.5 Å². The maximum atomic E-state index is 10.4. The summed E-state index contributed by atoms with van der Waals surface area (Å²) >= 11 is 0. The molecule has 0 amide bonds. The number of fused-ring (bicyclic) bond motifs is 3. The Hall–Kier alpha value is -1.26. The molecule has 4 rings (SSSR count). The summed E-state index contributed by atoms with van der Waals surface area (Å²) in [4.78, 5) is 2.40. The van der Waals surface area contributed by atoms with E-state index in [4.69, 9.17) is 4.74 Å². The molecule has 0 radical (unpaired) electrons. The molecule has 1 aromatic rings. The molecule has 110 valence electrons. The molecule has 2 N–H and O–H groups in total. The first-order valence-corrected chi connectivity index (χ1v) is 7.56. The molecular formula is C16H23NO3. The van der Waals surface area contributed by atoms with Crippen molar-refractivity contribution in [3.8, 4) is 11.5 Å². The van der Waals surface area contributed by atoms with Crippen LogP contribution < -0.4 is 4.74 Å². The van der Waals surface area contributed by atoms with Gasteiger partial charge in [-0.05, 0) is 62.9 Å². The Morgan fingerprint density at radius 2 is 2.05 bits per heavy atom. The molecule has 0 saturated carbocycles. The summed E-state index contributed by atoms with van der Waals surface area (Å²) < 4.78 is 5.43. The predicted molar refractivity (Wildman–Crippen MR) is 77.1 cm³/mol. The van der Waals surface area contributed by atoms with E-state index >= 15 is 0 Å². The van der Waals surface area contributed by atoms with E-state index in [-0.39, 0.29) is 17.9 Å². The van der Waals surface area contributed by atoms with Gasteiger partial charge in [0.25, 0.3) is 0 Å². The van der Waals surface area contributed by atoms with Crippen LogP contribution in [0.25, 0.3) is 0 Å². The van der Waals surface area contributed by atoms with Gasteiger partial charge in [-0.1, -0.05) is 6.07 Å². The number of aromatic hydroxyl groups is 1. The summed E-state index contributed by atoms with van der Waals surface area (Å²) in [5.74, 6) is 1.19. The number of rotatable bonds is 4. The Morgan fingerprint density at radius 3 is 2.70 bits per heavy atom. The molecule has 4 heteroatoms. The Morgan fingerprint density at radius 1 is 1.30 bits per heavy atom. The van der Waals surface area contributed by atoms with Crippen molar-refractivity contribution >= 4 is 0 Å². The summed E-state index contributed by atoms with van der Waals surface area (Å²) in [5.41, 5.74) is 1.11. The molecule has 4 nitrogen and oxygen atoms in total. The highest BCUT2D eigenvalue weighted by molar-refractivity contribution is 5.42. The van der Waals surface area contributed by atoms with Crippen LogP contribution in [0.15, 0.2) is 18.2 Å². The van der Waals surface area contributed by atoms with Crippen molar-refractivity contribution in [3.05, 3.63) is 23.8 Å². The maximum Gasteiger partial charge on any atom is 0.161 e. The largest absolute Gasteiger partial charge is 0.504 e. The molecule has 3 aliphatic rings. The number of aliphatic hydroxyl groups excluding tert-OH is 1. The third-order valence-electron chi connectivity index (χ3n) is 4.69. The fourth-order valence-corrected chi connectivity index (χ4v) is 3.57. The van der Waals surface area contributed by atoms with Crippen LogP contribution in [-0.4, -0.2) is 47.0 Å². The monoisotopic (exact) mass is 277 g/mol. The third-order valence-corrected chi connectivity index (χ3v) is 4.69. The molecule has 2 unspecified atom stereocenters. The molecule has 0 aromatic heterocycles. The molecule has 3 saturated heterocycles. The van der Waals surface area contributed by atoms with Crippen LogP contribution in [0.3, 0.4) is 0 Å². The van der Waals surface area contributed by atoms with Gasteiger partial charge < -0.3 is 14.9 Å². The molecule has 0 aliphatic carbocycles. The lowest BCUT2D eigenvalue weighted by atomic mass is 9.78. The molecule has 20 heavy (non-hydrogen) atoms. The minimum atomic E-state index is -0.221. The maximum absolute atomic E-state index is 10.4. The number of piperidine rings is 3. The molecule has 3 fully saturated rings. The van der Waals surface area contributed by atoms with Gasteiger partial charge in [-0.3, -0.25) is 4.90 Å². The average molecular weight is 277 g/mol. The first-order chi connectivity index (χ1) is 9.69. The van der Waals surface area contributed by atoms with Crippen molar-refractivity contribution in [2.75, 3.05) is 19.7 Å². The van der Waals surface area contributed by atoms with Gasteiger partial charge in [0.1, 0.15) is 0 Å². The van der Waals surface area contributed by atoms with Crippen LogP contribution in [-0.2, 0) is 6.42 Å². The van der Waals surface area contributed by atoms with Gasteiger partial charge in [-0.2, -0.15) is 0 Å².